The fourth-order valence-electron chi connectivity index (χ4n) is 1.21. The van der Waals surface area contributed by atoms with Gasteiger partial charge in [0.15, 0.2) is 0 Å². The van der Waals surface area contributed by atoms with E-state index in [9.17, 15) is 9.59 Å². The summed E-state index contributed by atoms with van der Waals surface area (Å²) < 4.78 is 0. The van der Waals surface area contributed by atoms with Crippen LogP contribution in [0.25, 0.3) is 0 Å². The van der Waals surface area contributed by atoms with Crippen LogP contribution in [0.5, 0.6) is 0 Å². The Morgan fingerprint density at radius 1 is 1.35 bits per heavy atom. The van der Waals surface area contributed by atoms with Gasteiger partial charge in [-0.05, 0) is 39.2 Å². The van der Waals surface area contributed by atoms with Crippen LogP contribution in [-0.4, -0.2) is 42.0 Å². The molecule has 92 valence electrons. The molecule has 0 saturated heterocycles. The van der Waals surface area contributed by atoms with Gasteiger partial charge in [0.05, 0.1) is 11.6 Å². The summed E-state index contributed by atoms with van der Waals surface area (Å²) in [5.74, 6) is -1.18. The van der Waals surface area contributed by atoms with Gasteiger partial charge in [0.25, 0.3) is 0 Å². The normalized spacial score (nSPS) is 12.2. The first kappa shape index (κ1) is 13.2. The van der Waals surface area contributed by atoms with E-state index in [1.807, 2.05) is 0 Å². The zero-order chi connectivity index (χ0) is 13.0. The minimum atomic E-state index is -1.01. The second-order valence-electron chi connectivity index (χ2n) is 4.01. The number of benzene rings is 1. The molecule has 1 unspecified atom stereocenters. The van der Waals surface area contributed by atoms with Crippen molar-refractivity contribution in [2.75, 3.05) is 19.4 Å². The fourth-order valence-corrected chi connectivity index (χ4v) is 1.21. The van der Waals surface area contributed by atoms with Gasteiger partial charge in [0.1, 0.15) is 0 Å². The number of carboxylic acid groups (broad SMARTS) is 1. The molecule has 17 heavy (non-hydrogen) atoms. The third kappa shape index (κ3) is 3.57. The summed E-state index contributed by atoms with van der Waals surface area (Å²) in [6.07, 6.45) is 0. The van der Waals surface area contributed by atoms with Crippen molar-refractivity contribution in [3.63, 3.8) is 0 Å². The Morgan fingerprint density at radius 3 is 2.53 bits per heavy atom. The number of likely N-dealkylation sites (N-methyl/N-ethyl adjacent to an activating group) is 1. The average molecular weight is 236 g/mol. The number of aromatic carboxylic acids is 1. The predicted octanol–water partition coefficient (Wildman–Crippen LogP) is 1.27. The Kier molecular flexibility index (Phi) is 4.23. The number of hydrogen-bond donors (Lipinski definition) is 2. The molecule has 1 atom stereocenters. The van der Waals surface area contributed by atoms with E-state index in [-0.39, 0.29) is 17.5 Å². The first-order chi connectivity index (χ1) is 7.91. The minimum absolute atomic E-state index is 0.153. The quantitative estimate of drug-likeness (QED) is 0.826. The molecule has 1 aromatic carbocycles. The predicted molar refractivity (Wildman–Crippen MR) is 65.2 cm³/mol. The van der Waals surface area contributed by atoms with E-state index < -0.39 is 5.97 Å². The summed E-state index contributed by atoms with van der Waals surface area (Å²) in [5, 5.41) is 11.5. The summed E-state index contributed by atoms with van der Waals surface area (Å²) in [7, 11) is 3.61. The van der Waals surface area contributed by atoms with Gasteiger partial charge >= 0.3 is 5.97 Å². The molecule has 0 saturated carbocycles. The number of anilines is 1. The highest BCUT2D eigenvalue weighted by atomic mass is 16.4. The SMILES string of the molecule is CC(C(=O)Nc1cccc(C(=O)O)c1)N(C)C. The van der Waals surface area contributed by atoms with Crippen molar-refractivity contribution in [3.8, 4) is 0 Å². The lowest BCUT2D eigenvalue weighted by molar-refractivity contribution is -0.119. The standard InChI is InChI=1S/C12H16N2O3/c1-8(14(2)3)11(15)13-10-6-4-5-9(7-10)12(16)17/h4-8H,1-3H3,(H,13,15)(H,16,17). The van der Waals surface area contributed by atoms with Gasteiger partial charge in [-0.25, -0.2) is 4.79 Å². The maximum absolute atomic E-state index is 11.7. The second-order valence-corrected chi connectivity index (χ2v) is 4.01. The lowest BCUT2D eigenvalue weighted by Crippen LogP contribution is -2.37. The number of amides is 1. The van der Waals surface area contributed by atoms with E-state index in [4.69, 9.17) is 5.11 Å². The number of carboxylic acids is 1. The molecule has 0 heterocycles. The van der Waals surface area contributed by atoms with Crippen molar-refractivity contribution in [1.29, 1.82) is 0 Å². The third-order valence-corrected chi connectivity index (χ3v) is 2.53. The maximum atomic E-state index is 11.7. The smallest absolute Gasteiger partial charge is 0.335 e. The van der Waals surface area contributed by atoms with Crippen LogP contribution in [0.3, 0.4) is 0 Å². The summed E-state index contributed by atoms with van der Waals surface area (Å²) in [5.41, 5.74) is 0.643. The summed E-state index contributed by atoms with van der Waals surface area (Å²) in [6, 6.07) is 5.89. The molecule has 1 amide bonds. The zero-order valence-corrected chi connectivity index (χ0v) is 10.1. The number of carbonyl (C=O) groups excluding carboxylic acids is 1. The molecule has 0 bridgehead atoms. The zero-order valence-electron chi connectivity index (χ0n) is 10.1. The van der Waals surface area contributed by atoms with Gasteiger partial charge < -0.3 is 10.4 Å². The monoisotopic (exact) mass is 236 g/mol. The Balaban J connectivity index is 2.78. The van der Waals surface area contributed by atoms with Crippen LogP contribution >= 0.6 is 0 Å². The van der Waals surface area contributed by atoms with Crippen LogP contribution in [0.15, 0.2) is 24.3 Å². The molecule has 5 nitrogen and oxygen atoms in total. The molecule has 0 spiro atoms. The van der Waals surface area contributed by atoms with E-state index in [1.54, 1.807) is 38.1 Å². The van der Waals surface area contributed by atoms with Crippen LogP contribution in [0.1, 0.15) is 17.3 Å². The van der Waals surface area contributed by atoms with Crippen LogP contribution in [0.2, 0.25) is 0 Å². The van der Waals surface area contributed by atoms with Crippen molar-refractivity contribution in [3.05, 3.63) is 29.8 Å². The molecule has 0 aliphatic heterocycles. The number of rotatable bonds is 4. The highest BCUT2D eigenvalue weighted by molar-refractivity contribution is 5.96. The van der Waals surface area contributed by atoms with Gasteiger partial charge in [0.2, 0.25) is 5.91 Å². The number of nitrogens with one attached hydrogen (secondary N) is 1. The fraction of sp³-hybridized carbons (Fsp3) is 0.333. The van der Waals surface area contributed by atoms with Gasteiger partial charge in [-0.15, -0.1) is 0 Å². The lowest BCUT2D eigenvalue weighted by atomic mass is 10.2. The largest absolute Gasteiger partial charge is 0.478 e. The molecular formula is C12H16N2O3. The van der Waals surface area contributed by atoms with Crippen LogP contribution in [-0.2, 0) is 4.79 Å². The highest BCUT2D eigenvalue weighted by Crippen LogP contribution is 2.11. The van der Waals surface area contributed by atoms with E-state index in [2.05, 4.69) is 5.32 Å². The average Bonchev–Trinajstić information content (AvgIpc) is 2.28. The highest BCUT2D eigenvalue weighted by Gasteiger charge is 2.15. The summed E-state index contributed by atoms with van der Waals surface area (Å²) >= 11 is 0. The minimum Gasteiger partial charge on any atom is -0.478 e. The Morgan fingerprint density at radius 2 is 2.00 bits per heavy atom. The molecule has 0 radical (unpaired) electrons. The molecule has 0 fully saturated rings. The molecule has 5 heteroatoms. The van der Waals surface area contributed by atoms with Crippen molar-refractivity contribution < 1.29 is 14.7 Å². The summed E-state index contributed by atoms with van der Waals surface area (Å²) in [4.78, 5) is 24.3. The number of hydrogen-bond acceptors (Lipinski definition) is 3. The Bertz CT molecular complexity index is 430. The molecule has 0 aliphatic carbocycles. The van der Waals surface area contributed by atoms with Gasteiger partial charge in [-0.2, -0.15) is 0 Å². The van der Waals surface area contributed by atoms with Gasteiger partial charge in [-0.1, -0.05) is 6.07 Å². The van der Waals surface area contributed by atoms with Crippen molar-refractivity contribution in [1.82, 2.24) is 4.90 Å². The molecule has 1 rings (SSSR count). The first-order valence-electron chi connectivity index (χ1n) is 5.22. The molecule has 0 aliphatic rings. The molecule has 1 aromatic rings. The van der Waals surface area contributed by atoms with Crippen LogP contribution in [0, 0.1) is 0 Å². The topological polar surface area (TPSA) is 69.6 Å². The summed E-state index contributed by atoms with van der Waals surface area (Å²) in [6.45, 7) is 1.77. The van der Waals surface area contributed by atoms with Crippen LogP contribution < -0.4 is 5.32 Å². The van der Waals surface area contributed by atoms with Crippen LogP contribution in [0.4, 0.5) is 5.69 Å². The van der Waals surface area contributed by atoms with Gasteiger partial charge in [-0.3, -0.25) is 9.69 Å². The Hall–Kier alpha value is -1.88. The lowest BCUT2D eigenvalue weighted by Gasteiger charge is -2.18. The Labute approximate surface area is 100 Å². The third-order valence-electron chi connectivity index (χ3n) is 2.53. The van der Waals surface area contributed by atoms with Crippen molar-refractivity contribution >= 4 is 17.6 Å². The van der Waals surface area contributed by atoms with E-state index in [0.717, 1.165) is 0 Å². The molecular weight excluding hydrogens is 220 g/mol. The molecule has 2 N–H and O–H groups in total. The molecule has 0 aromatic heterocycles. The van der Waals surface area contributed by atoms with E-state index in [0.29, 0.717) is 5.69 Å². The van der Waals surface area contributed by atoms with Gasteiger partial charge in [0, 0.05) is 5.69 Å². The number of nitrogens with zero attached hydrogens (tertiary/aromatic N) is 1. The van der Waals surface area contributed by atoms with E-state index >= 15 is 0 Å². The maximum Gasteiger partial charge on any atom is 0.335 e. The van der Waals surface area contributed by atoms with E-state index in [1.165, 1.54) is 12.1 Å². The first-order valence-corrected chi connectivity index (χ1v) is 5.22. The number of carbonyl (C=O) groups is 2. The second kappa shape index (κ2) is 5.45. The van der Waals surface area contributed by atoms with Crippen molar-refractivity contribution in [2.24, 2.45) is 0 Å². The van der Waals surface area contributed by atoms with Crippen molar-refractivity contribution in [2.45, 2.75) is 13.0 Å².